The average Bonchev–Trinajstić information content (AvgIpc) is 2.58. The molecule has 1 aromatic rings. The maximum atomic E-state index is 12.0. The average molecular weight is 209 g/mol. The summed E-state index contributed by atoms with van der Waals surface area (Å²) in [7, 11) is 1.81. The van der Waals surface area contributed by atoms with Crippen LogP contribution < -0.4 is 5.73 Å². The number of hydrogen-bond donors (Lipinski definition) is 1. The van der Waals surface area contributed by atoms with Gasteiger partial charge in [-0.1, -0.05) is 6.92 Å². The van der Waals surface area contributed by atoms with E-state index in [1.165, 1.54) is 0 Å². The van der Waals surface area contributed by atoms with Gasteiger partial charge in [-0.3, -0.25) is 4.79 Å². The monoisotopic (exact) mass is 209 g/mol. The molecule has 4 heteroatoms. The van der Waals surface area contributed by atoms with Crippen molar-refractivity contribution in [3.05, 3.63) is 18.0 Å². The van der Waals surface area contributed by atoms with E-state index >= 15 is 0 Å². The highest BCUT2D eigenvalue weighted by Crippen LogP contribution is 2.12. The Balaban J connectivity index is 2.89. The molecule has 0 aromatic carbocycles. The largest absolute Gasteiger partial charge is 0.397 e. The molecular weight excluding hydrogens is 190 g/mol. The lowest BCUT2D eigenvalue weighted by molar-refractivity contribution is 0.0784. The predicted octanol–water partition coefficient (Wildman–Crippen LogP) is 1.57. The molecule has 0 aliphatic rings. The summed E-state index contributed by atoms with van der Waals surface area (Å²) in [5, 5.41) is 0. The number of nitrogens with two attached hydrogens (primary N) is 1. The Kier molecular flexibility index (Phi) is 3.77. The van der Waals surface area contributed by atoms with Crippen LogP contribution in [0.25, 0.3) is 0 Å². The summed E-state index contributed by atoms with van der Waals surface area (Å²) < 4.78 is 1.88. The van der Waals surface area contributed by atoms with Crippen LogP contribution in [0, 0.1) is 0 Å². The first kappa shape index (κ1) is 11.6. The van der Waals surface area contributed by atoms with Gasteiger partial charge in [0.25, 0.3) is 5.91 Å². The van der Waals surface area contributed by atoms with Gasteiger partial charge in [0.05, 0.1) is 5.69 Å². The molecule has 1 heterocycles. The molecule has 2 N–H and O–H groups in total. The van der Waals surface area contributed by atoms with Crippen LogP contribution in [0.15, 0.2) is 12.3 Å². The first-order valence-corrected chi connectivity index (χ1v) is 5.31. The molecule has 1 amide bonds. The van der Waals surface area contributed by atoms with Crippen molar-refractivity contribution in [3.63, 3.8) is 0 Å². The van der Waals surface area contributed by atoms with Crippen LogP contribution in [0.4, 0.5) is 5.69 Å². The molecule has 0 fully saturated rings. The fourth-order valence-electron chi connectivity index (χ4n) is 1.61. The number of carbonyl (C=O) groups excluding carboxylic acids is 1. The summed E-state index contributed by atoms with van der Waals surface area (Å²) >= 11 is 0. The smallest absolute Gasteiger partial charge is 0.270 e. The molecule has 0 aliphatic heterocycles. The lowest BCUT2D eigenvalue weighted by atomic mass is 10.3. The van der Waals surface area contributed by atoms with E-state index < -0.39 is 0 Å². The van der Waals surface area contributed by atoms with Gasteiger partial charge in [0.1, 0.15) is 5.69 Å². The summed E-state index contributed by atoms with van der Waals surface area (Å²) in [4.78, 5) is 13.7. The van der Waals surface area contributed by atoms with E-state index in [1.807, 2.05) is 18.5 Å². The Morgan fingerprint density at radius 3 is 2.73 bits per heavy atom. The van der Waals surface area contributed by atoms with Crippen LogP contribution in [-0.2, 0) is 6.54 Å². The predicted molar refractivity (Wildman–Crippen MR) is 61.8 cm³/mol. The number of amides is 1. The van der Waals surface area contributed by atoms with E-state index in [9.17, 15) is 4.79 Å². The summed E-state index contributed by atoms with van der Waals surface area (Å²) in [5.74, 6) is 0.0374. The number of aryl methyl sites for hydroxylation is 1. The number of nitrogens with zero attached hydrogens (tertiary/aromatic N) is 2. The zero-order valence-electron chi connectivity index (χ0n) is 9.66. The fourth-order valence-corrected chi connectivity index (χ4v) is 1.61. The third-order valence-corrected chi connectivity index (χ3v) is 2.38. The SMILES string of the molecule is CCCN(C)C(=O)c1cc(N)cn1CC. The zero-order valence-corrected chi connectivity index (χ0v) is 9.66. The number of aromatic nitrogens is 1. The molecule has 0 bridgehead atoms. The van der Waals surface area contributed by atoms with Crippen LogP contribution >= 0.6 is 0 Å². The Morgan fingerprint density at radius 2 is 2.20 bits per heavy atom. The van der Waals surface area contributed by atoms with E-state index in [1.54, 1.807) is 17.2 Å². The van der Waals surface area contributed by atoms with Gasteiger partial charge in [-0.05, 0) is 19.4 Å². The van der Waals surface area contributed by atoms with Gasteiger partial charge in [0.15, 0.2) is 0 Å². The normalized spacial score (nSPS) is 10.3. The van der Waals surface area contributed by atoms with Crippen LogP contribution in [0.1, 0.15) is 30.8 Å². The zero-order chi connectivity index (χ0) is 11.4. The number of anilines is 1. The molecule has 84 valence electrons. The van der Waals surface area contributed by atoms with Crippen molar-refractivity contribution in [1.29, 1.82) is 0 Å². The van der Waals surface area contributed by atoms with Crippen LogP contribution in [-0.4, -0.2) is 29.0 Å². The minimum absolute atomic E-state index is 0.0374. The molecule has 0 radical (unpaired) electrons. The van der Waals surface area contributed by atoms with Crippen molar-refractivity contribution in [2.24, 2.45) is 0 Å². The van der Waals surface area contributed by atoms with Crippen LogP contribution in [0.3, 0.4) is 0 Å². The van der Waals surface area contributed by atoms with Gasteiger partial charge in [0.2, 0.25) is 0 Å². The second kappa shape index (κ2) is 4.87. The van der Waals surface area contributed by atoms with Gasteiger partial charge in [0, 0.05) is 26.3 Å². The highest BCUT2D eigenvalue weighted by atomic mass is 16.2. The highest BCUT2D eigenvalue weighted by Gasteiger charge is 2.15. The number of carbonyl (C=O) groups is 1. The van der Waals surface area contributed by atoms with E-state index in [0.29, 0.717) is 11.4 Å². The molecule has 0 unspecified atom stereocenters. The van der Waals surface area contributed by atoms with Crippen LogP contribution in [0.5, 0.6) is 0 Å². The number of hydrogen-bond acceptors (Lipinski definition) is 2. The lowest BCUT2D eigenvalue weighted by Gasteiger charge is -2.16. The van der Waals surface area contributed by atoms with Gasteiger partial charge >= 0.3 is 0 Å². The first-order chi connectivity index (χ1) is 7.10. The van der Waals surface area contributed by atoms with Gasteiger partial charge in [-0.25, -0.2) is 0 Å². The molecule has 4 nitrogen and oxygen atoms in total. The van der Waals surface area contributed by atoms with Crippen LogP contribution in [0.2, 0.25) is 0 Å². The molecule has 0 atom stereocenters. The topological polar surface area (TPSA) is 51.3 Å². The van der Waals surface area contributed by atoms with E-state index in [4.69, 9.17) is 5.73 Å². The Morgan fingerprint density at radius 1 is 1.53 bits per heavy atom. The second-order valence-electron chi connectivity index (χ2n) is 3.67. The van der Waals surface area contributed by atoms with Crippen molar-refractivity contribution >= 4 is 11.6 Å². The molecular formula is C11H19N3O. The maximum absolute atomic E-state index is 12.0. The summed E-state index contributed by atoms with van der Waals surface area (Å²) in [6, 6.07) is 1.73. The highest BCUT2D eigenvalue weighted by molar-refractivity contribution is 5.93. The first-order valence-electron chi connectivity index (χ1n) is 5.31. The molecule has 0 aliphatic carbocycles. The standard InChI is InChI=1S/C11H19N3O/c1-4-6-13(3)11(15)10-7-9(12)8-14(10)5-2/h7-8H,4-6,12H2,1-3H3. The molecule has 0 spiro atoms. The number of rotatable bonds is 4. The maximum Gasteiger partial charge on any atom is 0.270 e. The van der Waals surface area contributed by atoms with Crippen molar-refractivity contribution in [1.82, 2.24) is 9.47 Å². The molecule has 0 saturated heterocycles. The van der Waals surface area contributed by atoms with Gasteiger partial charge in [-0.2, -0.15) is 0 Å². The van der Waals surface area contributed by atoms with Gasteiger partial charge < -0.3 is 15.2 Å². The lowest BCUT2D eigenvalue weighted by Crippen LogP contribution is -2.29. The van der Waals surface area contributed by atoms with E-state index in [2.05, 4.69) is 6.92 Å². The van der Waals surface area contributed by atoms with E-state index in [0.717, 1.165) is 19.5 Å². The number of nitrogen functional groups attached to an aromatic ring is 1. The van der Waals surface area contributed by atoms with Crippen molar-refractivity contribution in [3.8, 4) is 0 Å². The quantitative estimate of drug-likeness (QED) is 0.818. The molecule has 1 rings (SSSR count). The van der Waals surface area contributed by atoms with Gasteiger partial charge in [-0.15, -0.1) is 0 Å². The molecule has 1 aromatic heterocycles. The Hall–Kier alpha value is -1.45. The Labute approximate surface area is 90.7 Å². The minimum Gasteiger partial charge on any atom is -0.397 e. The third kappa shape index (κ3) is 2.52. The summed E-state index contributed by atoms with van der Waals surface area (Å²) in [6.45, 7) is 5.58. The Bertz CT molecular complexity index is 344. The van der Waals surface area contributed by atoms with Crippen molar-refractivity contribution < 1.29 is 4.79 Å². The summed E-state index contributed by atoms with van der Waals surface area (Å²) in [5.41, 5.74) is 6.99. The minimum atomic E-state index is 0.0374. The summed E-state index contributed by atoms with van der Waals surface area (Å²) in [6.07, 6.45) is 2.76. The molecule has 0 saturated carbocycles. The van der Waals surface area contributed by atoms with E-state index in [-0.39, 0.29) is 5.91 Å². The molecule has 15 heavy (non-hydrogen) atoms. The van der Waals surface area contributed by atoms with Crippen molar-refractivity contribution in [2.75, 3.05) is 19.3 Å². The third-order valence-electron chi connectivity index (χ3n) is 2.38. The second-order valence-corrected chi connectivity index (χ2v) is 3.67. The van der Waals surface area contributed by atoms with Crippen molar-refractivity contribution in [2.45, 2.75) is 26.8 Å². The fraction of sp³-hybridized carbons (Fsp3) is 0.545.